The highest BCUT2D eigenvalue weighted by molar-refractivity contribution is 5.78. The van der Waals surface area contributed by atoms with Crippen LogP contribution in [0.15, 0.2) is 54.6 Å². The van der Waals surface area contributed by atoms with Crippen LogP contribution in [0.5, 0.6) is 0 Å². The zero-order valence-electron chi connectivity index (χ0n) is 9.91. The number of benzene rings is 2. The van der Waals surface area contributed by atoms with Gasteiger partial charge in [0.25, 0.3) is 0 Å². The van der Waals surface area contributed by atoms with Gasteiger partial charge < -0.3 is 5.11 Å². The highest BCUT2D eigenvalue weighted by Gasteiger charge is 2.44. The van der Waals surface area contributed by atoms with Crippen molar-refractivity contribution in [2.45, 2.75) is 12.3 Å². The highest BCUT2D eigenvalue weighted by Crippen LogP contribution is 2.50. The molecule has 1 fully saturated rings. The van der Waals surface area contributed by atoms with Crippen molar-refractivity contribution < 1.29 is 9.90 Å². The molecular weight excluding hydrogens is 224 g/mol. The van der Waals surface area contributed by atoms with E-state index in [-0.39, 0.29) is 11.8 Å². The van der Waals surface area contributed by atoms with Gasteiger partial charge in [-0.05, 0) is 29.0 Å². The maximum absolute atomic E-state index is 11.0. The minimum absolute atomic E-state index is 0.180. The first-order chi connectivity index (χ1) is 8.77. The molecule has 2 aromatic rings. The van der Waals surface area contributed by atoms with Crippen LogP contribution >= 0.6 is 0 Å². The molecule has 0 amide bonds. The molecule has 2 heteroatoms. The maximum Gasteiger partial charge on any atom is 0.307 e. The van der Waals surface area contributed by atoms with Crippen LogP contribution in [0.4, 0.5) is 0 Å². The van der Waals surface area contributed by atoms with Gasteiger partial charge in [0.15, 0.2) is 0 Å². The monoisotopic (exact) mass is 238 g/mol. The summed E-state index contributed by atoms with van der Waals surface area (Å²) in [5.74, 6) is -0.698. The van der Waals surface area contributed by atoms with Gasteiger partial charge in [-0.25, -0.2) is 0 Å². The van der Waals surface area contributed by atoms with Gasteiger partial charge in [0.05, 0.1) is 5.92 Å². The molecule has 0 spiro atoms. The Balaban J connectivity index is 2.00. The number of rotatable bonds is 3. The van der Waals surface area contributed by atoms with Crippen molar-refractivity contribution in [1.29, 1.82) is 0 Å². The predicted octanol–water partition coefficient (Wildman–Crippen LogP) is 3.54. The number of carbonyl (C=O) groups is 1. The van der Waals surface area contributed by atoms with Crippen molar-refractivity contribution in [1.82, 2.24) is 0 Å². The fourth-order valence-corrected chi connectivity index (χ4v) is 2.51. The van der Waals surface area contributed by atoms with Gasteiger partial charge in [-0.15, -0.1) is 0 Å². The second-order valence-electron chi connectivity index (χ2n) is 4.74. The molecule has 0 heterocycles. The van der Waals surface area contributed by atoms with Gasteiger partial charge >= 0.3 is 5.97 Å². The Kier molecular flexibility index (Phi) is 2.63. The van der Waals surface area contributed by atoms with E-state index >= 15 is 0 Å². The first-order valence-electron chi connectivity index (χ1n) is 6.14. The standard InChI is InChI=1S/C16H14O2/c17-16(18)15-10-14(15)13-9-5-4-8-12(13)11-6-2-1-3-7-11/h1-9,14-15H,10H2,(H,17,18)/t14-,15+/m0/s1. The van der Waals surface area contributed by atoms with Gasteiger partial charge in [0.1, 0.15) is 0 Å². The Bertz CT molecular complexity index is 575. The van der Waals surface area contributed by atoms with Crippen molar-refractivity contribution in [3.05, 3.63) is 60.2 Å². The van der Waals surface area contributed by atoms with E-state index in [4.69, 9.17) is 5.11 Å². The summed E-state index contributed by atoms with van der Waals surface area (Å²) in [5, 5.41) is 9.05. The van der Waals surface area contributed by atoms with Gasteiger partial charge in [0.2, 0.25) is 0 Å². The van der Waals surface area contributed by atoms with E-state index < -0.39 is 5.97 Å². The molecule has 0 saturated heterocycles. The topological polar surface area (TPSA) is 37.3 Å². The average molecular weight is 238 g/mol. The summed E-state index contributed by atoms with van der Waals surface area (Å²) >= 11 is 0. The summed E-state index contributed by atoms with van der Waals surface area (Å²) in [7, 11) is 0. The van der Waals surface area contributed by atoms with Crippen LogP contribution in [-0.4, -0.2) is 11.1 Å². The molecule has 2 aromatic carbocycles. The number of hydrogen-bond donors (Lipinski definition) is 1. The molecule has 1 aliphatic rings. The Morgan fingerprint density at radius 2 is 1.67 bits per heavy atom. The van der Waals surface area contributed by atoms with Crippen LogP contribution in [0.1, 0.15) is 17.9 Å². The maximum atomic E-state index is 11.0. The lowest BCUT2D eigenvalue weighted by molar-refractivity contribution is -0.138. The van der Waals surface area contributed by atoms with E-state index in [0.29, 0.717) is 0 Å². The largest absolute Gasteiger partial charge is 0.481 e. The van der Waals surface area contributed by atoms with E-state index in [1.807, 2.05) is 30.3 Å². The van der Waals surface area contributed by atoms with Crippen molar-refractivity contribution in [3.8, 4) is 11.1 Å². The molecule has 3 rings (SSSR count). The third-order valence-corrected chi connectivity index (χ3v) is 3.55. The fourth-order valence-electron chi connectivity index (χ4n) is 2.51. The summed E-state index contributed by atoms with van der Waals surface area (Å²) in [6, 6.07) is 18.2. The minimum atomic E-state index is -0.678. The molecule has 0 bridgehead atoms. The average Bonchev–Trinajstić information content (AvgIpc) is 3.20. The smallest absolute Gasteiger partial charge is 0.307 e. The molecule has 0 aromatic heterocycles. The lowest BCUT2D eigenvalue weighted by Crippen LogP contribution is -1.99. The minimum Gasteiger partial charge on any atom is -0.481 e. The Hall–Kier alpha value is -2.09. The Morgan fingerprint density at radius 3 is 2.33 bits per heavy atom. The Morgan fingerprint density at radius 1 is 1.00 bits per heavy atom. The van der Waals surface area contributed by atoms with E-state index in [2.05, 4.69) is 24.3 Å². The zero-order chi connectivity index (χ0) is 12.5. The summed E-state index contributed by atoms with van der Waals surface area (Å²) in [4.78, 5) is 11.0. The second kappa shape index (κ2) is 4.30. The Labute approximate surface area is 106 Å². The number of carboxylic acid groups (broad SMARTS) is 1. The van der Waals surface area contributed by atoms with Crippen LogP contribution in [0.25, 0.3) is 11.1 Å². The molecule has 2 nitrogen and oxygen atoms in total. The van der Waals surface area contributed by atoms with Crippen molar-refractivity contribution in [2.24, 2.45) is 5.92 Å². The van der Waals surface area contributed by atoms with E-state index in [0.717, 1.165) is 23.1 Å². The van der Waals surface area contributed by atoms with Crippen molar-refractivity contribution >= 4 is 5.97 Å². The fraction of sp³-hybridized carbons (Fsp3) is 0.188. The van der Waals surface area contributed by atoms with Crippen LogP contribution in [0.2, 0.25) is 0 Å². The third-order valence-electron chi connectivity index (χ3n) is 3.55. The third kappa shape index (κ3) is 1.90. The van der Waals surface area contributed by atoms with Crippen molar-refractivity contribution in [3.63, 3.8) is 0 Å². The molecule has 0 aliphatic heterocycles. The molecule has 2 atom stereocenters. The first-order valence-corrected chi connectivity index (χ1v) is 6.14. The zero-order valence-corrected chi connectivity index (χ0v) is 9.91. The predicted molar refractivity (Wildman–Crippen MR) is 70.4 cm³/mol. The van der Waals surface area contributed by atoms with E-state index in [9.17, 15) is 4.79 Å². The highest BCUT2D eigenvalue weighted by atomic mass is 16.4. The number of carboxylic acids is 1. The normalized spacial score (nSPS) is 21.6. The molecule has 0 unspecified atom stereocenters. The van der Waals surface area contributed by atoms with Crippen LogP contribution in [0.3, 0.4) is 0 Å². The van der Waals surface area contributed by atoms with E-state index in [1.165, 1.54) is 0 Å². The van der Waals surface area contributed by atoms with Crippen molar-refractivity contribution in [2.75, 3.05) is 0 Å². The summed E-state index contributed by atoms with van der Waals surface area (Å²) in [5.41, 5.74) is 3.48. The van der Waals surface area contributed by atoms with Gasteiger partial charge in [0, 0.05) is 0 Å². The summed E-state index contributed by atoms with van der Waals surface area (Å²) < 4.78 is 0. The molecule has 1 N–H and O–H groups in total. The SMILES string of the molecule is O=C(O)[C@@H]1C[C@H]1c1ccccc1-c1ccccc1. The van der Waals surface area contributed by atoms with Crippen LogP contribution in [0, 0.1) is 5.92 Å². The molecule has 1 saturated carbocycles. The second-order valence-corrected chi connectivity index (χ2v) is 4.74. The van der Waals surface area contributed by atoms with Gasteiger partial charge in [-0.1, -0.05) is 54.6 Å². The molecular formula is C16H14O2. The van der Waals surface area contributed by atoms with Gasteiger partial charge in [-0.2, -0.15) is 0 Å². The number of hydrogen-bond acceptors (Lipinski definition) is 1. The molecule has 90 valence electrons. The van der Waals surface area contributed by atoms with E-state index in [1.54, 1.807) is 0 Å². The van der Waals surface area contributed by atoms with Gasteiger partial charge in [-0.3, -0.25) is 4.79 Å². The lowest BCUT2D eigenvalue weighted by atomic mass is 9.96. The first kappa shape index (κ1) is 11.0. The molecule has 0 radical (unpaired) electrons. The number of aliphatic carboxylic acids is 1. The quantitative estimate of drug-likeness (QED) is 0.888. The summed E-state index contributed by atoms with van der Waals surface area (Å²) in [6.45, 7) is 0. The van der Waals surface area contributed by atoms with Crippen LogP contribution in [-0.2, 0) is 4.79 Å². The molecule has 18 heavy (non-hydrogen) atoms. The lowest BCUT2D eigenvalue weighted by Gasteiger charge is -2.08. The van der Waals surface area contributed by atoms with Crippen LogP contribution < -0.4 is 0 Å². The molecule has 1 aliphatic carbocycles. The summed E-state index contributed by atoms with van der Waals surface area (Å²) in [6.07, 6.45) is 0.763.